The highest BCUT2D eigenvalue weighted by atomic mass is 14.8. The summed E-state index contributed by atoms with van der Waals surface area (Å²) in [5.41, 5.74) is 5.17. The third-order valence-corrected chi connectivity index (χ3v) is 0.450. The van der Waals surface area contributed by atoms with Crippen LogP contribution in [0, 0.1) is 0 Å². The quantitative estimate of drug-likeness (QED) is 0.410. The van der Waals surface area contributed by atoms with E-state index in [0.717, 1.165) is 0 Å². The molecule has 0 atom stereocenters. The first kappa shape index (κ1) is 6.88. The number of nitrogens with two attached hydrogens (primary N) is 1. The Hall–Kier alpha value is -1.12. The number of amidine groups is 1. The maximum Gasteiger partial charge on any atom is 0.0958 e. The molecule has 8 heavy (non-hydrogen) atoms. The molecule has 0 fully saturated rings. The lowest BCUT2D eigenvalue weighted by molar-refractivity contribution is 1.43. The van der Waals surface area contributed by atoms with Crippen molar-refractivity contribution in [1.82, 2.24) is 0 Å². The fourth-order valence-corrected chi connectivity index (χ4v) is 0.198. The molecule has 3 nitrogen and oxygen atoms in total. The van der Waals surface area contributed by atoms with E-state index in [1.807, 2.05) is 0 Å². The number of hydrogen-bond donors (Lipinski definition) is 1. The minimum atomic E-state index is 0.518. The van der Waals surface area contributed by atoms with Crippen LogP contribution >= 0.6 is 0 Å². The van der Waals surface area contributed by atoms with Gasteiger partial charge in [0.2, 0.25) is 0 Å². The molecule has 0 aliphatic heterocycles. The van der Waals surface area contributed by atoms with E-state index >= 15 is 0 Å². The van der Waals surface area contributed by atoms with E-state index in [2.05, 4.69) is 16.7 Å². The van der Waals surface area contributed by atoms with Crippen LogP contribution in [0.15, 0.2) is 22.4 Å². The first-order chi connectivity index (χ1) is 3.77. The topological polar surface area (TPSA) is 50.7 Å². The summed E-state index contributed by atoms with van der Waals surface area (Å²) in [4.78, 5) is 7.11. The number of rotatable bonds is 2. The normalized spacial score (nSPS) is 12.4. The van der Waals surface area contributed by atoms with Crippen molar-refractivity contribution in [3.8, 4) is 0 Å². The van der Waals surface area contributed by atoms with Gasteiger partial charge in [-0.1, -0.05) is 0 Å². The second-order valence-electron chi connectivity index (χ2n) is 1.25. The third kappa shape index (κ3) is 4.88. The van der Waals surface area contributed by atoms with Gasteiger partial charge in [0.1, 0.15) is 0 Å². The van der Waals surface area contributed by atoms with Crippen molar-refractivity contribution < 1.29 is 0 Å². The summed E-state index contributed by atoms with van der Waals surface area (Å²) in [6.07, 6.45) is 2.96. The Kier molecular flexibility index (Phi) is 3.48. The summed E-state index contributed by atoms with van der Waals surface area (Å²) < 4.78 is 0. The monoisotopic (exact) mass is 111 g/mol. The Morgan fingerprint density at radius 2 is 2.25 bits per heavy atom. The Labute approximate surface area is 48.6 Å². The second kappa shape index (κ2) is 4.05. The zero-order valence-corrected chi connectivity index (χ0v) is 4.83. The molecule has 2 N–H and O–H groups in total. The standard InChI is InChI=1S/C5H9N3/c1-5(6)8-4-3-7-2/h3-4H,2H2,1H3,(H2,6,8)/b4-3-. The summed E-state index contributed by atoms with van der Waals surface area (Å²) in [6, 6.07) is 0. The molecule has 0 spiro atoms. The Morgan fingerprint density at radius 1 is 1.62 bits per heavy atom. The largest absolute Gasteiger partial charge is 0.387 e. The molecule has 0 aromatic rings. The molecule has 0 aromatic carbocycles. The van der Waals surface area contributed by atoms with Gasteiger partial charge in [0, 0.05) is 12.4 Å². The molecule has 0 aliphatic rings. The summed E-state index contributed by atoms with van der Waals surface area (Å²) in [7, 11) is 0. The van der Waals surface area contributed by atoms with Crippen molar-refractivity contribution >= 4 is 12.6 Å². The van der Waals surface area contributed by atoms with Crippen LogP contribution in [0.3, 0.4) is 0 Å². The average molecular weight is 111 g/mol. The van der Waals surface area contributed by atoms with Crippen molar-refractivity contribution in [3.63, 3.8) is 0 Å². The molecule has 0 radical (unpaired) electrons. The second-order valence-corrected chi connectivity index (χ2v) is 1.25. The first-order valence-electron chi connectivity index (χ1n) is 2.18. The van der Waals surface area contributed by atoms with E-state index in [-0.39, 0.29) is 0 Å². The molecule has 44 valence electrons. The average Bonchev–Trinajstić information content (AvgIpc) is 1.66. The van der Waals surface area contributed by atoms with Gasteiger partial charge in [0.25, 0.3) is 0 Å². The van der Waals surface area contributed by atoms with Crippen molar-refractivity contribution in [3.05, 3.63) is 12.4 Å². The Balaban J connectivity index is 3.57. The van der Waals surface area contributed by atoms with Gasteiger partial charge < -0.3 is 5.73 Å². The van der Waals surface area contributed by atoms with Crippen LogP contribution < -0.4 is 5.73 Å². The molecule has 0 bridgehead atoms. The maximum absolute atomic E-state index is 5.17. The van der Waals surface area contributed by atoms with Crippen LogP contribution in [-0.2, 0) is 0 Å². The van der Waals surface area contributed by atoms with Gasteiger partial charge in [-0.05, 0) is 13.6 Å². The smallest absolute Gasteiger partial charge is 0.0958 e. The van der Waals surface area contributed by atoms with Crippen LogP contribution in [0.1, 0.15) is 6.92 Å². The van der Waals surface area contributed by atoms with E-state index in [9.17, 15) is 0 Å². The molecule has 0 aromatic heterocycles. The van der Waals surface area contributed by atoms with Gasteiger partial charge >= 0.3 is 0 Å². The SMILES string of the molecule is C=N/C=C\N=C(/C)N. The lowest BCUT2D eigenvalue weighted by atomic mass is 10.7. The van der Waals surface area contributed by atoms with Crippen LogP contribution in [0.25, 0.3) is 0 Å². The minimum Gasteiger partial charge on any atom is -0.387 e. The van der Waals surface area contributed by atoms with Crippen LogP contribution in [-0.4, -0.2) is 12.6 Å². The molecular formula is C5H9N3. The zero-order valence-electron chi connectivity index (χ0n) is 4.83. The van der Waals surface area contributed by atoms with E-state index in [1.165, 1.54) is 12.4 Å². The van der Waals surface area contributed by atoms with Gasteiger partial charge in [-0.3, -0.25) is 4.99 Å². The molecule has 0 rings (SSSR count). The lowest BCUT2D eigenvalue weighted by Gasteiger charge is -1.79. The fourth-order valence-electron chi connectivity index (χ4n) is 0.198. The number of hydrogen-bond acceptors (Lipinski definition) is 2. The van der Waals surface area contributed by atoms with E-state index in [1.54, 1.807) is 6.92 Å². The van der Waals surface area contributed by atoms with E-state index in [0.29, 0.717) is 5.84 Å². The first-order valence-corrected chi connectivity index (χ1v) is 2.18. The van der Waals surface area contributed by atoms with Gasteiger partial charge in [0.05, 0.1) is 5.84 Å². The van der Waals surface area contributed by atoms with Gasteiger partial charge in [0.15, 0.2) is 0 Å². The Bertz CT molecular complexity index is 120. The van der Waals surface area contributed by atoms with Gasteiger partial charge in [-0.25, -0.2) is 4.99 Å². The van der Waals surface area contributed by atoms with Crippen LogP contribution in [0.5, 0.6) is 0 Å². The van der Waals surface area contributed by atoms with Gasteiger partial charge in [-0.15, -0.1) is 0 Å². The molecule has 3 heteroatoms. The predicted molar refractivity (Wildman–Crippen MR) is 36.0 cm³/mol. The molecule has 0 saturated heterocycles. The highest BCUT2D eigenvalue weighted by molar-refractivity contribution is 5.77. The van der Waals surface area contributed by atoms with E-state index < -0.39 is 0 Å². The predicted octanol–water partition coefficient (Wildman–Crippen LogP) is 0.535. The third-order valence-electron chi connectivity index (χ3n) is 0.450. The number of nitrogens with zero attached hydrogens (tertiary/aromatic N) is 2. The Morgan fingerprint density at radius 3 is 2.62 bits per heavy atom. The van der Waals surface area contributed by atoms with Crippen molar-refractivity contribution in [1.29, 1.82) is 0 Å². The molecule has 0 saturated carbocycles. The van der Waals surface area contributed by atoms with E-state index in [4.69, 9.17) is 5.73 Å². The zero-order chi connectivity index (χ0) is 6.41. The molecule has 0 aliphatic carbocycles. The molecule has 0 unspecified atom stereocenters. The lowest BCUT2D eigenvalue weighted by Crippen LogP contribution is -2.03. The fraction of sp³-hybridized carbons (Fsp3) is 0.200. The summed E-state index contributed by atoms with van der Waals surface area (Å²) in [5, 5.41) is 0. The van der Waals surface area contributed by atoms with Crippen molar-refractivity contribution in [2.24, 2.45) is 15.7 Å². The van der Waals surface area contributed by atoms with Gasteiger partial charge in [-0.2, -0.15) is 0 Å². The molecule has 0 amide bonds. The highest BCUT2D eigenvalue weighted by Gasteiger charge is 1.67. The summed E-state index contributed by atoms with van der Waals surface area (Å²) >= 11 is 0. The molecule has 0 heterocycles. The van der Waals surface area contributed by atoms with Crippen molar-refractivity contribution in [2.45, 2.75) is 6.92 Å². The summed E-state index contributed by atoms with van der Waals surface area (Å²) in [6.45, 7) is 4.91. The summed E-state index contributed by atoms with van der Waals surface area (Å²) in [5.74, 6) is 0.518. The molecular weight excluding hydrogens is 102 g/mol. The van der Waals surface area contributed by atoms with Crippen LogP contribution in [0.2, 0.25) is 0 Å². The highest BCUT2D eigenvalue weighted by Crippen LogP contribution is 1.73. The van der Waals surface area contributed by atoms with Crippen LogP contribution in [0.4, 0.5) is 0 Å². The van der Waals surface area contributed by atoms with Crippen molar-refractivity contribution in [2.75, 3.05) is 0 Å². The number of aliphatic imine (C=N–C) groups is 2. The maximum atomic E-state index is 5.17. The minimum absolute atomic E-state index is 0.518.